The number of nitrogen functional groups attached to an aromatic ring is 1. The summed E-state index contributed by atoms with van der Waals surface area (Å²) in [7, 11) is -3.20. The summed E-state index contributed by atoms with van der Waals surface area (Å²) >= 11 is 0. The van der Waals surface area contributed by atoms with E-state index in [1.54, 1.807) is 0 Å². The fourth-order valence-electron chi connectivity index (χ4n) is 1.84. The van der Waals surface area contributed by atoms with E-state index in [1.807, 2.05) is 0 Å². The molecule has 90 valence electrons. The van der Waals surface area contributed by atoms with Crippen molar-refractivity contribution in [2.24, 2.45) is 0 Å². The van der Waals surface area contributed by atoms with Gasteiger partial charge >= 0.3 is 0 Å². The van der Waals surface area contributed by atoms with Crippen molar-refractivity contribution in [1.82, 2.24) is 14.1 Å². The van der Waals surface area contributed by atoms with Crippen molar-refractivity contribution in [1.29, 1.82) is 0 Å². The average molecular weight is 246 g/mol. The molecule has 1 aromatic heterocycles. The smallest absolute Gasteiger partial charge is 0.211 e. The summed E-state index contributed by atoms with van der Waals surface area (Å²) in [6.45, 7) is 0.343. The highest BCUT2D eigenvalue weighted by atomic mass is 32.2. The van der Waals surface area contributed by atoms with Crippen LogP contribution in [0.2, 0.25) is 0 Å². The van der Waals surface area contributed by atoms with Crippen LogP contribution < -0.4 is 5.73 Å². The first-order chi connectivity index (χ1) is 7.43. The third-order valence-corrected chi connectivity index (χ3v) is 3.97. The van der Waals surface area contributed by atoms with Crippen molar-refractivity contribution in [3.63, 3.8) is 0 Å². The first-order valence-corrected chi connectivity index (χ1v) is 6.68. The van der Waals surface area contributed by atoms with Crippen LogP contribution in [0.25, 0.3) is 0 Å². The number of hydrogen-bond donors (Lipinski definition) is 2. The van der Waals surface area contributed by atoms with E-state index in [9.17, 15) is 8.42 Å². The third kappa shape index (κ3) is 1.79. The highest BCUT2D eigenvalue weighted by Crippen LogP contribution is 2.24. The first-order valence-electron chi connectivity index (χ1n) is 4.83. The van der Waals surface area contributed by atoms with Gasteiger partial charge in [0.1, 0.15) is 12.5 Å². The van der Waals surface area contributed by atoms with E-state index in [1.165, 1.54) is 15.2 Å². The van der Waals surface area contributed by atoms with Gasteiger partial charge in [0.15, 0.2) is 0 Å². The van der Waals surface area contributed by atoms with Crippen molar-refractivity contribution < 1.29 is 13.5 Å². The second-order valence-corrected chi connectivity index (χ2v) is 5.78. The van der Waals surface area contributed by atoms with Gasteiger partial charge in [-0.1, -0.05) is 0 Å². The number of anilines is 1. The van der Waals surface area contributed by atoms with Crippen LogP contribution in [-0.2, 0) is 29.7 Å². The fraction of sp³-hybridized carbons (Fsp3) is 0.625. The third-order valence-electron chi connectivity index (χ3n) is 2.72. The molecule has 0 saturated carbocycles. The second kappa shape index (κ2) is 3.72. The van der Waals surface area contributed by atoms with Crippen LogP contribution >= 0.6 is 0 Å². The number of fused-ring (bicyclic) bond motifs is 1. The zero-order valence-electron chi connectivity index (χ0n) is 8.92. The lowest BCUT2D eigenvalue weighted by molar-refractivity contribution is 0.197. The number of rotatable bonds is 2. The predicted octanol–water partition coefficient (Wildman–Crippen LogP) is -1.27. The lowest BCUT2D eigenvalue weighted by atomic mass is 10.1. The fourth-order valence-corrected chi connectivity index (χ4v) is 2.62. The van der Waals surface area contributed by atoms with Crippen molar-refractivity contribution in [2.45, 2.75) is 19.7 Å². The molecule has 0 atom stereocenters. The zero-order chi connectivity index (χ0) is 11.9. The highest BCUT2D eigenvalue weighted by molar-refractivity contribution is 7.88. The molecule has 1 aliphatic heterocycles. The number of hydrogen-bond acceptors (Lipinski definition) is 5. The Morgan fingerprint density at radius 2 is 2.25 bits per heavy atom. The number of aliphatic hydroxyl groups excluding tert-OH is 1. The Morgan fingerprint density at radius 3 is 2.81 bits per heavy atom. The maximum atomic E-state index is 11.4. The Hall–Kier alpha value is -1.12. The molecule has 0 aliphatic carbocycles. The molecule has 1 aromatic rings. The molecule has 0 spiro atoms. The van der Waals surface area contributed by atoms with E-state index in [-0.39, 0.29) is 13.3 Å². The minimum Gasteiger partial charge on any atom is -0.384 e. The van der Waals surface area contributed by atoms with E-state index in [2.05, 4.69) is 5.10 Å². The summed E-state index contributed by atoms with van der Waals surface area (Å²) in [5, 5.41) is 13.1. The van der Waals surface area contributed by atoms with E-state index in [0.717, 1.165) is 5.56 Å². The minimum atomic E-state index is -3.20. The maximum Gasteiger partial charge on any atom is 0.211 e. The number of aromatic nitrogens is 2. The first kappa shape index (κ1) is 11.4. The van der Waals surface area contributed by atoms with Gasteiger partial charge in [0.05, 0.1) is 18.5 Å². The van der Waals surface area contributed by atoms with Gasteiger partial charge in [0.25, 0.3) is 0 Å². The molecule has 0 aromatic carbocycles. The van der Waals surface area contributed by atoms with Gasteiger partial charge in [-0.3, -0.25) is 0 Å². The van der Waals surface area contributed by atoms with E-state index in [0.29, 0.717) is 24.5 Å². The van der Waals surface area contributed by atoms with E-state index < -0.39 is 10.0 Å². The quantitative estimate of drug-likeness (QED) is 0.677. The van der Waals surface area contributed by atoms with Gasteiger partial charge in [-0.15, -0.1) is 0 Å². The Labute approximate surface area is 93.5 Å². The topological polar surface area (TPSA) is 101 Å². The van der Waals surface area contributed by atoms with Crippen LogP contribution in [0.1, 0.15) is 11.3 Å². The number of sulfonamides is 1. The summed E-state index contributed by atoms with van der Waals surface area (Å²) in [6.07, 6.45) is 1.71. The molecular weight excluding hydrogens is 232 g/mol. The predicted molar refractivity (Wildman–Crippen MR) is 57.8 cm³/mol. The Bertz CT molecular complexity index is 508. The van der Waals surface area contributed by atoms with Crippen LogP contribution in [0.15, 0.2) is 0 Å². The molecule has 3 N–H and O–H groups in total. The Kier molecular flexibility index (Phi) is 2.64. The molecule has 8 heteroatoms. The van der Waals surface area contributed by atoms with Gasteiger partial charge in [0, 0.05) is 12.1 Å². The highest BCUT2D eigenvalue weighted by Gasteiger charge is 2.27. The molecular formula is C8H14N4O3S. The Balaban J connectivity index is 2.35. The van der Waals surface area contributed by atoms with Crippen molar-refractivity contribution in [3.8, 4) is 0 Å². The van der Waals surface area contributed by atoms with Gasteiger partial charge in [-0.05, 0) is 6.42 Å². The monoisotopic (exact) mass is 246 g/mol. The minimum absolute atomic E-state index is 0.228. The van der Waals surface area contributed by atoms with Crippen LogP contribution in [0.5, 0.6) is 0 Å². The molecule has 1 aliphatic rings. The SMILES string of the molecule is CS(=O)(=O)N1CCc2c(nn(CO)c2N)C1. The maximum absolute atomic E-state index is 11.4. The summed E-state index contributed by atoms with van der Waals surface area (Å²) in [4.78, 5) is 0. The van der Waals surface area contributed by atoms with Crippen molar-refractivity contribution in [3.05, 3.63) is 11.3 Å². The molecule has 0 bridgehead atoms. The van der Waals surface area contributed by atoms with Crippen LogP contribution in [0.4, 0.5) is 5.82 Å². The van der Waals surface area contributed by atoms with Gasteiger partial charge in [-0.2, -0.15) is 9.40 Å². The molecule has 0 saturated heterocycles. The van der Waals surface area contributed by atoms with Crippen LogP contribution in [-0.4, -0.2) is 40.4 Å². The average Bonchev–Trinajstić information content (AvgIpc) is 2.54. The van der Waals surface area contributed by atoms with Gasteiger partial charge < -0.3 is 10.8 Å². The summed E-state index contributed by atoms with van der Waals surface area (Å²) < 4.78 is 25.4. The normalized spacial score (nSPS) is 17.4. The Morgan fingerprint density at radius 1 is 1.56 bits per heavy atom. The van der Waals surface area contributed by atoms with Crippen LogP contribution in [0.3, 0.4) is 0 Å². The standard InChI is InChI=1S/C8H14N4O3S/c1-16(14,15)11-3-2-6-7(4-11)10-12(5-13)8(6)9/h13H,2-5,9H2,1H3. The van der Waals surface area contributed by atoms with Gasteiger partial charge in [-0.25, -0.2) is 13.1 Å². The molecule has 7 nitrogen and oxygen atoms in total. The molecule has 2 rings (SSSR count). The number of nitrogens with zero attached hydrogens (tertiary/aromatic N) is 3. The van der Waals surface area contributed by atoms with E-state index in [4.69, 9.17) is 10.8 Å². The van der Waals surface area contributed by atoms with E-state index >= 15 is 0 Å². The molecule has 16 heavy (non-hydrogen) atoms. The van der Waals surface area contributed by atoms with Crippen molar-refractivity contribution >= 4 is 15.8 Å². The molecule has 2 heterocycles. The lowest BCUT2D eigenvalue weighted by Crippen LogP contribution is -2.35. The lowest BCUT2D eigenvalue weighted by Gasteiger charge is -2.23. The summed E-state index contributed by atoms with van der Waals surface area (Å²) in [5.41, 5.74) is 7.23. The van der Waals surface area contributed by atoms with Gasteiger partial charge in [0.2, 0.25) is 10.0 Å². The molecule has 0 radical (unpaired) electrons. The molecule has 0 fully saturated rings. The summed E-state index contributed by atoms with van der Waals surface area (Å²) in [5.74, 6) is 0.422. The molecule has 0 amide bonds. The number of aliphatic hydroxyl groups is 1. The number of nitrogens with two attached hydrogens (primary N) is 1. The van der Waals surface area contributed by atoms with Crippen molar-refractivity contribution in [2.75, 3.05) is 18.5 Å². The largest absolute Gasteiger partial charge is 0.384 e. The second-order valence-electron chi connectivity index (χ2n) is 3.80. The molecule has 0 unspecified atom stereocenters. The van der Waals surface area contributed by atoms with Crippen LogP contribution in [0, 0.1) is 0 Å². The zero-order valence-corrected chi connectivity index (χ0v) is 9.74. The summed E-state index contributed by atoms with van der Waals surface area (Å²) in [6, 6.07) is 0.